The molecule has 1 atom stereocenters. The van der Waals surface area contributed by atoms with E-state index in [9.17, 15) is 4.79 Å². The van der Waals surface area contributed by atoms with Gasteiger partial charge in [0.25, 0.3) is 5.91 Å². The van der Waals surface area contributed by atoms with Crippen LogP contribution in [0.4, 0.5) is 0 Å². The van der Waals surface area contributed by atoms with E-state index >= 15 is 0 Å². The zero-order chi connectivity index (χ0) is 19.2. The first kappa shape index (κ1) is 18.8. The molecule has 144 valence electrons. The molecule has 0 radical (unpaired) electrons. The fourth-order valence-corrected chi connectivity index (χ4v) is 2.98. The highest BCUT2D eigenvalue weighted by Crippen LogP contribution is 2.25. The van der Waals surface area contributed by atoms with Crippen molar-refractivity contribution >= 4 is 5.91 Å². The molecule has 1 aliphatic heterocycles. The van der Waals surface area contributed by atoms with Crippen molar-refractivity contribution < 1.29 is 23.7 Å². The predicted octanol–water partition coefficient (Wildman–Crippen LogP) is 2.19. The van der Waals surface area contributed by atoms with E-state index in [2.05, 4.69) is 10.2 Å². The molecule has 0 N–H and O–H groups in total. The van der Waals surface area contributed by atoms with Gasteiger partial charge in [0.15, 0.2) is 0 Å². The quantitative estimate of drug-likeness (QED) is 0.767. The highest BCUT2D eigenvalue weighted by Gasteiger charge is 2.26. The maximum atomic E-state index is 12.9. The minimum Gasteiger partial charge on any atom is -0.497 e. The summed E-state index contributed by atoms with van der Waals surface area (Å²) in [6.45, 7) is 1.15. The van der Waals surface area contributed by atoms with E-state index in [0.717, 1.165) is 12.8 Å². The number of carbonyl (C=O) groups excluding carboxylic acids is 1. The third-order valence-electron chi connectivity index (χ3n) is 4.38. The molecule has 0 saturated carbocycles. The Morgan fingerprint density at radius 3 is 2.26 bits per heavy atom. The summed E-state index contributed by atoms with van der Waals surface area (Å²) in [7, 11) is 4.65. The Balaban J connectivity index is 1.68. The molecule has 2 aromatic rings. The van der Waals surface area contributed by atoms with Crippen molar-refractivity contribution in [1.29, 1.82) is 0 Å². The minimum absolute atomic E-state index is 0.0821. The van der Waals surface area contributed by atoms with E-state index in [1.807, 2.05) is 0 Å². The molecule has 2 heterocycles. The van der Waals surface area contributed by atoms with Crippen molar-refractivity contribution in [1.82, 2.24) is 15.1 Å². The number of amides is 1. The van der Waals surface area contributed by atoms with Crippen LogP contribution in [-0.4, -0.2) is 61.5 Å². The molecule has 0 spiro atoms. The van der Waals surface area contributed by atoms with Crippen LogP contribution in [0, 0.1) is 0 Å². The molecular weight excluding hydrogens is 350 g/mol. The van der Waals surface area contributed by atoms with Crippen LogP contribution in [0.1, 0.15) is 23.2 Å². The molecule has 8 heteroatoms. The molecule has 1 amide bonds. The predicted molar refractivity (Wildman–Crippen MR) is 97.7 cm³/mol. The molecule has 27 heavy (non-hydrogen) atoms. The van der Waals surface area contributed by atoms with Gasteiger partial charge < -0.3 is 23.8 Å². The van der Waals surface area contributed by atoms with Gasteiger partial charge in [0.05, 0.1) is 27.9 Å². The summed E-state index contributed by atoms with van der Waals surface area (Å²) in [5.41, 5.74) is 0.524. The molecule has 0 bridgehead atoms. The fourth-order valence-electron chi connectivity index (χ4n) is 2.98. The molecular formula is C19H23N3O5. The molecule has 1 unspecified atom stereocenters. The maximum Gasteiger partial charge on any atom is 0.254 e. The maximum absolute atomic E-state index is 12.9. The highest BCUT2D eigenvalue weighted by molar-refractivity contribution is 5.95. The number of hydrogen-bond acceptors (Lipinski definition) is 7. The summed E-state index contributed by atoms with van der Waals surface area (Å²) in [5, 5.41) is 7.88. The Hall–Kier alpha value is -3.03. The average molecular weight is 373 g/mol. The molecule has 1 aliphatic rings. The van der Waals surface area contributed by atoms with Gasteiger partial charge in [0.1, 0.15) is 17.6 Å². The first-order chi connectivity index (χ1) is 13.1. The third-order valence-corrected chi connectivity index (χ3v) is 4.38. The van der Waals surface area contributed by atoms with Gasteiger partial charge in [-0.15, -0.1) is 10.2 Å². The molecule has 1 aromatic carbocycles. The summed E-state index contributed by atoms with van der Waals surface area (Å²) in [6, 6.07) is 8.56. The lowest BCUT2D eigenvalue weighted by Gasteiger charge is -2.32. The highest BCUT2D eigenvalue weighted by atomic mass is 16.5. The van der Waals surface area contributed by atoms with Crippen LogP contribution >= 0.6 is 0 Å². The zero-order valence-corrected chi connectivity index (χ0v) is 15.7. The van der Waals surface area contributed by atoms with E-state index in [0.29, 0.717) is 41.9 Å². The normalized spacial score (nSPS) is 16.6. The average Bonchev–Trinajstić information content (AvgIpc) is 2.73. The number of carbonyl (C=O) groups is 1. The molecule has 8 nitrogen and oxygen atoms in total. The standard InChI is InChI=1S/C19H23N3O5/c1-24-15-9-13(10-16(11-15)25-2)19(23)22-8-4-5-14(12-22)27-18-7-6-17(26-3)20-21-18/h6-7,9-11,14H,4-5,8,12H2,1-3H3. The molecule has 0 aliphatic carbocycles. The second-order valence-corrected chi connectivity index (χ2v) is 6.15. The Bertz CT molecular complexity index is 759. The van der Waals surface area contributed by atoms with Crippen LogP contribution in [0.25, 0.3) is 0 Å². The Labute approximate surface area is 158 Å². The lowest BCUT2D eigenvalue weighted by molar-refractivity contribution is 0.0524. The van der Waals surface area contributed by atoms with Gasteiger partial charge >= 0.3 is 0 Å². The van der Waals surface area contributed by atoms with Crippen molar-refractivity contribution in [2.75, 3.05) is 34.4 Å². The summed E-state index contributed by atoms with van der Waals surface area (Å²) >= 11 is 0. The van der Waals surface area contributed by atoms with Crippen LogP contribution in [0.2, 0.25) is 0 Å². The molecule has 1 saturated heterocycles. The van der Waals surface area contributed by atoms with Crippen LogP contribution in [-0.2, 0) is 0 Å². The van der Waals surface area contributed by atoms with Crippen molar-refractivity contribution in [2.24, 2.45) is 0 Å². The number of hydrogen-bond donors (Lipinski definition) is 0. The van der Waals surface area contributed by atoms with Gasteiger partial charge in [0.2, 0.25) is 11.8 Å². The van der Waals surface area contributed by atoms with E-state index < -0.39 is 0 Å². The van der Waals surface area contributed by atoms with E-state index in [1.165, 1.54) is 7.11 Å². The first-order valence-corrected chi connectivity index (χ1v) is 8.69. The lowest BCUT2D eigenvalue weighted by atomic mass is 10.1. The lowest BCUT2D eigenvalue weighted by Crippen LogP contribution is -2.44. The number of aromatic nitrogens is 2. The van der Waals surface area contributed by atoms with Crippen LogP contribution in [0.3, 0.4) is 0 Å². The van der Waals surface area contributed by atoms with Gasteiger partial charge in [-0.3, -0.25) is 4.79 Å². The van der Waals surface area contributed by atoms with Crippen molar-refractivity contribution in [3.63, 3.8) is 0 Å². The van der Waals surface area contributed by atoms with Gasteiger partial charge in [-0.2, -0.15) is 0 Å². The number of piperidine rings is 1. The smallest absolute Gasteiger partial charge is 0.254 e. The molecule has 1 aromatic heterocycles. The number of nitrogens with zero attached hydrogens (tertiary/aromatic N) is 3. The van der Waals surface area contributed by atoms with Gasteiger partial charge in [0, 0.05) is 30.3 Å². The van der Waals surface area contributed by atoms with Gasteiger partial charge in [-0.05, 0) is 25.0 Å². The SMILES string of the molecule is COc1cc(OC)cc(C(=O)N2CCCC(Oc3ccc(OC)nn3)C2)c1. The first-order valence-electron chi connectivity index (χ1n) is 8.69. The minimum atomic E-state index is -0.141. The number of benzene rings is 1. The number of rotatable bonds is 6. The Morgan fingerprint density at radius 2 is 1.67 bits per heavy atom. The van der Waals surface area contributed by atoms with Crippen molar-refractivity contribution in [3.05, 3.63) is 35.9 Å². The summed E-state index contributed by atoms with van der Waals surface area (Å²) in [4.78, 5) is 14.7. The van der Waals surface area contributed by atoms with Crippen LogP contribution in [0.5, 0.6) is 23.3 Å². The van der Waals surface area contributed by atoms with Gasteiger partial charge in [-0.25, -0.2) is 0 Å². The topological polar surface area (TPSA) is 83.0 Å². The largest absolute Gasteiger partial charge is 0.497 e. The number of likely N-dealkylation sites (tertiary alicyclic amines) is 1. The number of methoxy groups -OCH3 is 3. The van der Waals surface area contributed by atoms with E-state index in [-0.39, 0.29) is 12.0 Å². The fraction of sp³-hybridized carbons (Fsp3) is 0.421. The molecule has 1 fully saturated rings. The van der Waals surface area contributed by atoms with Crippen LogP contribution < -0.4 is 18.9 Å². The van der Waals surface area contributed by atoms with Gasteiger partial charge in [-0.1, -0.05) is 0 Å². The summed E-state index contributed by atoms with van der Waals surface area (Å²) < 4.78 is 21.4. The van der Waals surface area contributed by atoms with Crippen LogP contribution in [0.15, 0.2) is 30.3 Å². The molecule has 3 rings (SSSR count). The summed E-state index contributed by atoms with van der Waals surface area (Å²) in [5.74, 6) is 1.92. The van der Waals surface area contributed by atoms with E-state index in [4.69, 9.17) is 18.9 Å². The second-order valence-electron chi connectivity index (χ2n) is 6.15. The third kappa shape index (κ3) is 4.58. The zero-order valence-electron chi connectivity index (χ0n) is 15.7. The number of ether oxygens (including phenoxy) is 4. The monoisotopic (exact) mass is 373 g/mol. The summed E-state index contributed by atoms with van der Waals surface area (Å²) in [6.07, 6.45) is 1.55. The Kier molecular flexibility index (Phi) is 5.95. The Morgan fingerprint density at radius 1 is 1.00 bits per heavy atom. The van der Waals surface area contributed by atoms with Crippen molar-refractivity contribution in [3.8, 4) is 23.3 Å². The van der Waals surface area contributed by atoms with E-state index in [1.54, 1.807) is 49.5 Å². The second kappa shape index (κ2) is 8.57. The van der Waals surface area contributed by atoms with Crippen molar-refractivity contribution in [2.45, 2.75) is 18.9 Å².